The summed E-state index contributed by atoms with van der Waals surface area (Å²) in [7, 11) is 0. The number of nitrogens with two attached hydrogens (primary N) is 1. The SMILES string of the molecule is CC1(C)CCC(N)CN1Cc1ccc2c(c1)C(=O)N(C1CCC(=O)NC1=O)C2=O. The van der Waals surface area contributed by atoms with Crippen molar-refractivity contribution in [1.82, 2.24) is 15.1 Å². The van der Waals surface area contributed by atoms with Crippen LogP contribution in [-0.4, -0.2) is 57.6 Å². The van der Waals surface area contributed by atoms with Crippen molar-refractivity contribution < 1.29 is 19.2 Å². The molecule has 2 saturated heterocycles. The van der Waals surface area contributed by atoms with Crippen molar-refractivity contribution in [3.8, 4) is 0 Å². The number of nitrogens with one attached hydrogen (secondary N) is 1. The fourth-order valence-corrected chi connectivity index (χ4v) is 4.43. The molecule has 3 aliphatic heterocycles. The molecule has 0 spiro atoms. The van der Waals surface area contributed by atoms with Crippen LogP contribution < -0.4 is 11.1 Å². The lowest BCUT2D eigenvalue weighted by Gasteiger charge is -2.44. The van der Waals surface area contributed by atoms with E-state index in [1.165, 1.54) is 0 Å². The summed E-state index contributed by atoms with van der Waals surface area (Å²) in [6.07, 6.45) is 2.25. The molecule has 0 aromatic heterocycles. The first kappa shape index (κ1) is 19.7. The predicted molar refractivity (Wildman–Crippen MR) is 105 cm³/mol. The Labute approximate surface area is 169 Å². The lowest BCUT2D eigenvalue weighted by atomic mass is 9.88. The topological polar surface area (TPSA) is 113 Å². The lowest BCUT2D eigenvalue weighted by molar-refractivity contribution is -0.136. The van der Waals surface area contributed by atoms with Crippen molar-refractivity contribution in [2.45, 2.75) is 63.7 Å². The summed E-state index contributed by atoms with van der Waals surface area (Å²) in [5.74, 6) is -1.94. The molecule has 8 heteroatoms. The van der Waals surface area contributed by atoms with Gasteiger partial charge in [0.2, 0.25) is 11.8 Å². The Hall–Kier alpha value is -2.58. The minimum Gasteiger partial charge on any atom is -0.327 e. The van der Waals surface area contributed by atoms with Gasteiger partial charge in [-0.2, -0.15) is 0 Å². The predicted octanol–water partition coefficient (Wildman–Crippen LogP) is 0.790. The van der Waals surface area contributed by atoms with Crippen LogP contribution in [0.2, 0.25) is 0 Å². The molecule has 29 heavy (non-hydrogen) atoms. The Morgan fingerprint density at radius 1 is 1.10 bits per heavy atom. The summed E-state index contributed by atoms with van der Waals surface area (Å²) in [5, 5.41) is 2.21. The highest BCUT2D eigenvalue weighted by Gasteiger charge is 2.44. The smallest absolute Gasteiger partial charge is 0.262 e. The standard InChI is InChI=1S/C21H26N4O4/c1-21(2)8-7-13(22)11-24(21)10-12-3-4-14-15(9-12)20(29)25(19(14)28)16-5-6-17(26)23-18(16)27/h3-4,9,13,16H,5-8,10-11,22H2,1-2H3,(H,23,26,27). The van der Waals surface area contributed by atoms with Crippen LogP contribution in [0.25, 0.3) is 0 Å². The molecular formula is C21H26N4O4. The quantitative estimate of drug-likeness (QED) is 0.728. The van der Waals surface area contributed by atoms with Gasteiger partial charge in [0.15, 0.2) is 0 Å². The van der Waals surface area contributed by atoms with Crippen molar-refractivity contribution in [2.24, 2.45) is 5.73 Å². The summed E-state index contributed by atoms with van der Waals surface area (Å²) in [5.41, 5.74) is 7.70. The van der Waals surface area contributed by atoms with E-state index in [0.29, 0.717) is 17.7 Å². The zero-order chi connectivity index (χ0) is 20.9. The largest absolute Gasteiger partial charge is 0.327 e. The number of hydrogen-bond donors (Lipinski definition) is 2. The average molecular weight is 398 g/mol. The van der Waals surface area contributed by atoms with Crippen LogP contribution in [0.5, 0.6) is 0 Å². The number of carbonyl (C=O) groups is 4. The van der Waals surface area contributed by atoms with Crippen molar-refractivity contribution in [3.63, 3.8) is 0 Å². The van der Waals surface area contributed by atoms with Crippen LogP contribution in [-0.2, 0) is 16.1 Å². The van der Waals surface area contributed by atoms with Gasteiger partial charge >= 0.3 is 0 Å². The second kappa shape index (κ2) is 7.03. The molecule has 154 valence electrons. The number of rotatable bonds is 3. The van der Waals surface area contributed by atoms with Gasteiger partial charge in [-0.05, 0) is 50.8 Å². The minimum atomic E-state index is -0.942. The van der Waals surface area contributed by atoms with Crippen molar-refractivity contribution >= 4 is 23.6 Å². The molecule has 1 aromatic rings. The number of benzene rings is 1. The molecule has 3 N–H and O–H groups in total. The third kappa shape index (κ3) is 3.47. The molecule has 3 heterocycles. The Morgan fingerprint density at radius 3 is 2.55 bits per heavy atom. The van der Waals surface area contributed by atoms with E-state index in [1.54, 1.807) is 12.1 Å². The van der Waals surface area contributed by atoms with Crippen LogP contribution >= 0.6 is 0 Å². The summed E-state index contributed by atoms with van der Waals surface area (Å²) in [6.45, 7) is 5.78. The van der Waals surface area contributed by atoms with Crippen LogP contribution in [0, 0.1) is 0 Å². The Kier molecular flexibility index (Phi) is 4.78. The molecule has 2 atom stereocenters. The van der Waals surface area contributed by atoms with Crippen molar-refractivity contribution in [3.05, 3.63) is 34.9 Å². The van der Waals surface area contributed by atoms with E-state index in [1.807, 2.05) is 6.07 Å². The number of amides is 4. The highest BCUT2D eigenvalue weighted by Crippen LogP contribution is 2.31. The normalized spacial score (nSPS) is 27.2. The summed E-state index contributed by atoms with van der Waals surface area (Å²) < 4.78 is 0. The van der Waals surface area contributed by atoms with Gasteiger partial charge in [-0.25, -0.2) is 0 Å². The Bertz CT molecular complexity index is 910. The van der Waals surface area contributed by atoms with Crippen LogP contribution in [0.3, 0.4) is 0 Å². The van der Waals surface area contributed by atoms with E-state index >= 15 is 0 Å². The van der Waals surface area contributed by atoms with E-state index in [9.17, 15) is 19.2 Å². The van der Waals surface area contributed by atoms with Gasteiger partial charge in [-0.15, -0.1) is 0 Å². The van der Waals surface area contributed by atoms with Gasteiger partial charge in [-0.1, -0.05) is 6.07 Å². The van der Waals surface area contributed by atoms with E-state index in [2.05, 4.69) is 24.1 Å². The van der Waals surface area contributed by atoms with Crippen LogP contribution in [0.4, 0.5) is 0 Å². The zero-order valence-electron chi connectivity index (χ0n) is 16.7. The van der Waals surface area contributed by atoms with E-state index < -0.39 is 23.8 Å². The molecule has 1 aromatic carbocycles. The molecule has 2 fully saturated rings. The summed E-state index contributed by atoms with van der Waals surface area (Å²) in [4.78, 5) is 52.6. The molecule has 8 nitrogen and oxygen atoms in total. The second-order valence-corrected chi connectivity index (χ2v) is 8.82. The van der Waals surface area contributed by atoms with Gasteiger partial charge in [0.25, 0.3) is 11.8 Å². The maximum absolute atomic E-state index is 13.0. The third-order valence-electron chi connectivity index (χ3n) is 6.32. The average Bonchev–Trinajstić information content (AvgIpc) is 2.90. The lowest BCUT2D eigenvalue weighted by Crippen LogP contribution is -2.54. The van der Waals surface area contributed by atoms with Crippen molar-refractivity contribution in [1.29, 1.82) is 0 Å². The van der Waals surface area contributed by atoms with Gasteiger partial charge in [0.05, 0.1) is 11.1 Å². The molecule has 4 rings (SSSR count). The molecule has 0 bridgehead atoms. The maximum atomic E-state index is 13.0. The number of carbonyl (C=O) groups excluding carboxylic acids is 4. The number of piperidine rings is 2. The van der Waals surface area contributed by atoms with Gasteiger partial charge in [0, 0.05) is 31.1 Å². The number of fused-ring (bicyclic) bond motifs is 1. The number of imide groups is 2. The molecule has 4 amide bonds. The third-order valence-corrected chi connectivity index (χ3v) is 6.32. The molecule has 0 aliphatic carbocycles. The highest BCUT2D eigenvalue weighted by atomic mass is 16.2. The fraction of sp³-hybridized carbons (Fsp3) is 0.524. The first-order valence-corrected chi connectivity index (χ1v) is 10.0. The van der Waals surface area contributed by atoms with Crippen LogP contribution in [0.15, 0.2) is 18.2 Å². The van der Waals surface area contributed by atoms with Crippen LogP contribution in [0.1, 0.15) is 65.8 Å². The summed E-state index contributed by atoms with van der Waals surface area (Å²) >= 11 is 0. The first-order chi connectivity index (χ1) is 13.7. The fourth-order valence-electron chi connectivity index (χ4n) is 4.43. The van der Waals surface area contributed by atoms with Gasteiger partial charge in [0.1, 0.15) is 6.04 Å². The molecule has 0 saturated carbocycles. The monoisotopic (exact) mass is 398 g/mol. The number of hydrogen-bond acceptors (Lipinski definition) is 6. The molecular weight excluding hydrogens is 372 g/mol. The maximum Gasteiger partial charge on any atom is 0.262 e. The Morgan fingerprint density at radius 2 is 1.83 bits per heavy atom. The zero-order valence-corrected chi connectivity index (χ0v) is 16.7. The second-order valence-electron chi connectivity index (χ2n) is 8.82. The number of nitrogens with zero attached hydrogens (tertiary/aromatic N) is 2. The van der Waals surface area contributed by atoms with E-state index in [-0.39, 0.29) is 30.3 Å². The minimum absolute atomic E-state index is 0.00741. The van der Waals surface area contributed by atoms with E-state index in [0.717, 1.165) is 29.8 Å². The molecule has 3 aliphatic rings. The van der Waals surface area contributed by atoms with E-state index in [4.69, 9.17) is 5.73 Å². The Balaban J connectivity index is 1.57. The highest BCUT2D eigenvalue weighted by molar-refractivity contribution is 6.23. The van der Waals surface area contributed by atoms with Gasteiger partial charge < -0.3 is 5.73 Å². The van der Waals surface area contributed by atoms with Crippen molar-refractivity contribution in [2.75, 3.05) is 6.54 Å². The molecule has 0 radical (unpaired) electrons. The summed E-state index contributed by atoms with van der Waals surface area (Å²) in [6, 6.07) is 4.45. The number of likely N-dealkylation sites (tertiary alicyclic amines) is 1. The molecule has 2 unspecified atom stereocenters. The van der Waals surface area contributed by atoms with Gasteiger partial charge in [-0.3, -0.25) is 34.3 Å². The first-order valence-electron chi connectivity index (χ1n) is 10.0.